The van der Waals surface area contributed by atoms with Gasteiger partial charge < -0.3 is 5.11 Å². The van der Waals surface area contributed by atoms with E-state index >= 15 is 0 Å². The van der Waals surface area contributed by atoms with E-state index in [2.05, 4.69) is 29.2 Å². The molecule has 6 heteroatoms. The van der Waals surface area contributed by atoms with Gasteiger partial charge in [0, 0.05) is 19.6 Å². The Kier molecular flexibility index (Phi) is 8.77. The zero-order chi connectivity index (χ0) is 26.3. The van der Waals surface area contributed by atoms with Crippen molar-refractivity contribution in [2.45, 2.75) is 37.9 Å². The fraction of sp³-hybridized carbons (Fsp3) is 0.226. The van der Waals surface area contributed by atoms with Crippen molar-refractivity contribution >= 4 is 15.7 Å². The summed E-state index contributed by atoms with van der Waals surface area (Å²) in [5, 5.41) is 11.3. The second kappa shape index (κ2) is 12.2. The summed E-state index contributed by atoms with van der Waals surface area (Å²) in [6.07, 6.45) is -0.909. The minimum absolute atomic E-state index is 0.0558. The minimum Gasteiger partial charge on any atom is -0.390 e. The molecule has 0 aliphatic heterocycles. The van der Waals surface area contributed by atoms with Gasteiger partial charge in [-0.3, -0.25) is 9.21 Å². The molecule has 0 aliphatic rings. The third kappa shape index (κ3) is 7.29. The lowest BCUT2D eigenvalue weighted by Gasteiger charge is -2.30. The molecule has 0 amide bonds. The minimum atomic E-state index is -3.88. The van der Waals surface area contributed by atoms with E-state index in [1.54, 1.807) is 30.3 Å². The van der Waals surface area contributed by atoms with Crippen molar-refractivity contribution in [3.8, 4) is 0 Å². The molecule has 192 valence electrons. The summed E-state index contributed by atoms with van der Waals surface area (Å²) in [5.74, 6) is 0. The van der Waals surface area contributed by atoms with E-state index in [4.69, 9.17) is 0 Å². The maximum Gasteiger partial charge on any atom is 0.264 e. The van der Waals surface area contributed by atoms with Crippen LogP contribution in [-0.4, -0.2) is 37.6 Å². The van der Waals surface area contributed by atoms with Crippen LogP contribution in [-0.2, 0) is 23.1 Å². The molecular weight excluding hydrogens is 480 g/mol. The van der Waals surface area contributed by atoms with E-state index in [1.165, 1.54) is 4.31 Å². The van der Waals surface area contributed by atoms with Gasteiger partial charge in [-0.2, -0.15) is 0 Å². The molecule has 0 bridgehead atoms. The quantitative estimate of drug-likeness (QED) is 0.285. The number of hydrogen-bond donors (Lipinski definition) is 1. The fourth-order valence-corrected chi connectivity index (χ4v) is 5.87. The summed E-state index contributed by atoms with van der Waals surface area (Å²) < 4.78 is 28.9. The molecule has 1 atom stereocenters. The molecule has 0 unspecified atom stereocenters. The summed E-state index contributed by atoms with van der Waals surface area (Å²) >= 11 is 0. The first-order valence-corrected chi connectivity index (χ1v) is 13.9. The SMILES string of the molecule is Cc1ccc(S(=O)(=O)N(C[C@H](O)CN(Cc2ccccc2)Cc2ccccc2)c2cccc(C)c2)cc1. The third-order valence-corrected chi connectivity index (χ3v) is 8.05. The molecule has 5 nitrogen and oxygen atoms in total. The smallest absolute Gasteiger partial charge is 0.264 e. The normalized spacial score (nSPS) is 12.4. The molecule has 0 radical (unpaired) electrons. The Morgan fingerprint density at radius 3 is 1.78 bits per heavy atom. The lowest BCUT2D eigenvalue weighted by atomic mass is 10.1. The van der Waals surface area contributed by atoms with Gasteiger partial charge >= 0.3 is 0 Å². The number of aliphatic hydroxyl groups excluding tert-OH is 1. The van der Waals surface area contributed by atoms with Crippen molar-refractivity contribution < 1.29 is 13.5 Å². The summed E-state index contributed by atoms with van der Waals surface area (Å²) in [6, 6.07) is 34.4. The fourth-order valence-electron chi connectivity index (χ4n) is 4.38. The molecule has 1 N–H and O–H groups in total. The highest BCUT2D eigenvalue weighted by Gasteiger charge is 2.28. The van der Waals surface area contributed by atoms with Gasteiger partial charge in [0.15, 0.2) is 0 Å². The maximum atomic E-state index is 13.8. The second-order valence-corrected chi connectivity index (χ2v) is 11.3. The Hall–Kier alpha value is -3.45. The number of benzene rings is 4. The van der Waals surface area contributed by atoms with Crippen molar-refractivity contribution in [3.63, 3.8) is 0 Å². The summed E-state index contributed by atoms with van der Waals surface area (Å²) in [6.45, 7) is 5.39. The van der Waals surface area contributed by atoms with Crippen LogP contribution in [0, 0.1) is 13.8 Å². The maximum absolute atomic E-state index is 13.8. The number of nitrogens with zero attached hydrogens (tertiary/aromatic N) is 2. The summed E-state index contributed by atoms with van der Waals surface area (Å²) in [7, 11) is -3.88. The number of sulfonamides is 1. The van der Waals surface area contributed by atoms with Crippen molar-refractivity contribution in [1.29, 1.82) is 0 Å². The second-order valence-electron chi connectivity index (χ2n) is 9.48. The predicted octanol–water partition coefficient (Wildman–Crippen LogP) is 5.56. The number of hydrogen-bond acceptors (Lipinski definition) is 4. The Balaban J connectivity index is 1.60. The molecule has 0 saturated heterocycles. The van der Waals surface area contributed by atoms with E-state index < -0.39 is 16.1 Å². The van der Waals surface area contributed by atoms with Crippen molar-refractivity contribution in [2.75, 3.05) is 17.4 Å². The highest BCUT2D eigenvalue weighted by molar-refractivity contribution is 7.92. The first-order chi connectivity index (χ1) is 17.8. The molecule has 0 spiro atoms. The summed E-state index contributed by atoms with van der Waals surface area (Å²) in [4.78, 5) is 2.36. The van der Waals surface area contributed by atoms with Crippen LogP contribution in [0.3, 0.4) is 0 Å². The molecular formula is C31H34N2O3S. The molecule has 0 aliphatic carbocycles. The van der Waals surface area contributed by atoms with Gasteiger partial charge in [0.05, 0.1) is 23.2 Å². The third-order valence-electron chi connectivity index (χ3n) is 6.24. The van der Waals surface area contributed by atoms with Crippen molar-refractivity contribution in [2.24, 2.45) is 0 Å². The standard InChI is InChI=1S/C31H34N2O3S/c1-25-16-18-31(19-17-25)37(35,36)33(29-15-9-10-26(2)20-29)24-30(34)23-32(21-27-11-5-3-6-12-27)22-28-13-7-4-8-14-28/h3-20,30,34H,21-24H2,1-2H3/t30-/m1/s1. The lowest BCUT2D eigenvalue weighted by molar-refractivity contribution is 0.111. The molecule has 37 heavy (non-hydrogen) atoms. The van der Waals surface area contributed by atoms with E-state index in [0.717, 1.165) is 22.3 Å². The zero-order valence-corrected chi connectivity index (χ0v) is 22.2. The van der Waals surface area contributed by atoms with Crippen LogP contribution < -0.4 is 4.31 Å². The first-order valence-electron chi connectivity index (χ1n) is 12.5. The largest absolute Gasteiger partial charge is 0.390 e. The Bertz CT molecular complexity index is 1330. The molecule has 0 aromatic heterocycles. The van der Waals surface area contributed by atoms with Crippen LogP contribution in [0.1, 0.15) is 22.3 Å². The van der Waals surface area contributed by atoms with E-state index in [1.807, 2.05) is 68.4 Å². The van der Waals surface area contributed by atoms with Crippen LogP contribution in [0.2, 0.25) is 0 Å². The van der Waals surface area contributed by atoms with Gasteiger partial charge in [0.2, 0.25) is 0 Å². The van der Waals surface area contributed by atoms with Gasteiger partial charge in [0.1, 0.15) is 0 Å². The Morgan fingerprint density at radius 2 is 1.24 bits per heavy atom. The van der Waals surface area contributed by atoms with Gasteiger partial charge in [-0.05, 0) is 54.8 Å². The van der Waals surface area contributed by atoms with Gasteiger partial charge in [-0.1, -0.05) is 90.5 Å². The highest BCUT2D eigenvalue weighted by Crippen LogP contribution is 2.25. The van der Waals surface area contributed by atoms with Crippen LogP contribution in [0.15, 0.2) is 114 Å². The average molecular weight is 515 g/mol. The average Bonchev–Trinajstić information content (AvgIpc) is 2.88. The van der Waals surface area contributed by atoms with E-state index in [9.17, 15) is 13.5 Å². The van der Waals surface area contributed by atoms with Crippen molar-refractivity contribution in [3.05, 3.63) is 131 Å². The van der Waals surface area contributed by atoms with Gasteiger partial charge in [0.25, 0.3) is 10.0 Å². The van der Waals surface area contributed by atoms with Crippen LogP contribution >= 0.6 is 0 Å². The highest BCUT2D eigenvalue weighted by atomic mass is 32.2. The molecule has 0 heterocycles. The number of aliphatic hydroxyl groups is 1. The van der Waals surface area contributed by atoms with E-state index in [0.29, 0.717) is 25.3 Å². The van der Waals surface area contributed by atoms with Crippen LogP contribution in [0.4, 0.5) is 5.69 Å². The van der Waals surface area contributed by atoms with E-state index in [-0.39, 0.29) is 11.4 Å². The molecule has 0 saturated carbocycles. The van der Waals surface area contributed by atoms with Crippen molar-refractivity contribution in [1.82, 2.24) is 4.90 Å². The monoisotopic (exact) mass is 514 g/mol. The van der Waals surface area contributed by atoms with Crippen LogP contribution in [0.25, 0.3) is 0 Å². The molecule has 4 aromatic carbocycles. The topological polar surface area (TPSA) is 60.9 Å². The zero-order valence-electron chi connectivity index (χ0n) is 21.4. The Morgan fingerprint density at radius 1 is 0.676 bits per heavy atom. The van der Waals surface area contributed by atoms with Gasteiger partial charge in [-0.15, -0.1) is 0 Å². The lowest BCUT2D eigenvalue weighted by Crippen LogP contribution is -2.42. The van der Waals surface area contributed by atoms with Gasteiger partial charge in [-0.25, -0.2) is 8.42 Å². The first kappa shape index (κ1) is 26.6. The molecule has 4 rings (SSSR count). The van der Waals surface area contributed by atoms with Crippen LogP contribution in [0.5, 0.6) is 0 Å². The molecule has 0 fully saturated rings. The number of aryl methyl sites for hydroxylation is 2. The summed E-state index contributed by atoms with van der Waals surface area (Å²) in [5.41, 5.74) is 4.74. The number of anilines is 1. The molecule has 4 aromatic rings. The predicted molar refractivity (Wildman–Crippen MR) is 150 cm³/mol. The number of rotatable bonds is 11. The Labute approximate surface area is 220 Å².